The summed E-state index contributed by atoms with van der Waals surface area (Å²) in [6.45, 7) is 6.57. The van der Waals surface area contributed by atoms with E-state index >= 15 is 0 Å². The molecule has 1 aromatic rings. The molecule has 0 saturated carbocycles. The van der Waals surface area contributed by atoms with Gasteiger partial charge in [-0.3, -0.25) is 4.79 Å². The van der Waals surface area contributed by atoms with Crippen molar-refractivity contribution in [1.82, 2.24) is 9.21 Å². The van der Waals surface area contributed by atoms with Gasteiger partial charge in [0.05, 0.1) is 4.90 Å². The lowest BCUT2D eigenvalue weighted by molar-refractivity contribution is 0.0761. The largest absolute Gasteiger partial charge is 0.339 e. The Kier molecular flexibility index (Phi) is 7.44. The van der Waals surface area contributed by atoms with E-state index in [1.165, 1.54) is 17.1 Å². The molecule has 6 heteroatoms. The van der Waals surface area contributed by atoms with Crippen LogP contribution in [0.3, 0.4) is 0 Å². The molecule has 0 N–H and O–H groups in total. The molecule has 0 aliphatic carbocycles. The molecule has 1 saturated heterocycles. The van der Waals surface area contributed by atoms with Crippen LogP contribution in [0.4, 0.5) is 0 Å². The summed E-state index contributed by atoms with van der Waals surface area (Å²) in [5.74, 6) is 0.00446. The lowest BCUT2D eigenvalue weighted by Gasteiger charge is -2.22. The van der Waals surface area contributed by atoms with Crippen molar-refractivity contribution in [3.8, 4) is 0 Å². The first kappa shape index (κ1) is 19.9. The Morgan fingerprint density at radius 2 is 1.48 bits per heavy atom. The van der Waals surface area contributed by atoms with Gasteiger partial charge in [-0.2, -0.15) is 4.31 Å². The summed E-state index contributed by atoms with van der Waals surface area (Å²) in [7, 11) is -3.49. The predicted molar refractivity (Wildman–Crippen MR) is 100 cm³/mol. The van der Waals surface area contributed by atoms with E-state index in [0.29, 0.717) is 18.7 Å². The topological polar surface area (TPSA) is 57.7 Å². The van der Waals surface area contributed by atoms with E-state index in [1.54, 1.807) is 24.3 Å². The molecule has 0 atom stereocenters. The molecular formula is C19H30N2O3S. The number of rotatable bonds is 7. The summed E-state index contributed by atoms with van der Waals surface area (Å²) >= 11 is 0. The molecule has 0 aromatic heterocycles. The Labute approximate surface area is 152 Å². The first-order valence-electron chi connectivity index (χ1n) is 9.40. The van der Waals surface area contributed by atoms with Crippen LogP contribution >= 0.6 is 0 Å². The molecule has 2 rings (SSSR count). The SMILES string of the molecule is CCCN(CCC)S(=O)(=O)c1ccc(C(=O)N2CCCCCC2)cc1. The highest BCUT2D eigenvalue weighted by Crippen LogP contribution is 2.19. The first-order chi connectivity index (χ1) is 12.0. The van der Waals surface area contributed by atoms with Crippen LogP contribution < -0.4 is 0 Å². The Morgan fingerprint density at radius 1 is 0.960 bits per heavy atom. The van der Waals surface area contributed by atoms with E-state index in [9.17, 15) is 13.2 Å². The first-order valence-corrected chi connectivity index (χ1v) is 10.8. The second-order valence-corrected chi connectivity index (χ2v) is 8.57. The van der Waals surface area contributed by atoms with Crippen molar-refractivity contribution in [2.75, 3.05) is 26.2 Å². The van der Waals surface area contributed by atoms with Gasteiger partial charge in [0.2, 0.25) is 10.0 Å². The molecule has 25 heavy (non-hydrogen) atoms. The van der Waals surface area contributed by atoms with Gasteiger partial charge in [-0.1, -0.05) is 26.7 Å². The average molecular weight is 367 g/mol. The quantitative estimate of drug-likeness (QED) is 0.742. The molecule has 1 fully saturated rings. The van der Waals surface area contributed by atoms with Crippen molar-refractivity contribution in [2.45, 2.75) is 57.3 Å². The maximum absolute atomic E-state index is 12.8. The van der Waals surface area contributed by atoms with Crippen molar-refractivity contribution in [2.24, 2.45) is 0 Å². The van der Waals surface area contributed by atoms with Crippen molar-refractivity contribution >= 4 is 15.9 Å². The van der Waals surface area contributed by atoms with E-state index in [4.69, 9.17) is 0 Å². The molecule has 1 aliphatic heterocycles. The summed E-state index contributed by atoms with van der Waals surface area (Å²) in [6.07, 6.45) is 6.00. The van der Waals surface area contributed by atoms with E-state index in [2.05, 4.69) is 0 Å². The highest BCUT2D eigenvalue weighted by molar-refractivity contribution is 7.89. The number of hydrogen-bond donors (Lipinski definition) is 0. The highest BCUT2D eigenvalue weighted by Gasteiger charge is 2.24. The van der Waals surface area contributed by atoms with Gasteiger partial charge in [-0.15, -0.1) is 0 Å². The van der Waals surface area contributed by atoms with Gasteiger partial charge in [0.15, 0.2) is 0 Å². The Balaban J connectivity index is 2.16. The van der Waals surface area contributed by atoms with Gasteiger partial charge in [0.1, 0.15) is 0 Å². The Morgan fingerprint density at radius 3 is 1.96 bits per heavy atom. The average Bonchev–Trinajstić information content (AvgIpc) is 2.90. The zero-order valence-corrected chi connectivity index (χ0v) is 16.2. The van der Waals surface area contributed by atoms with Crippen LogP contribution in [0.1, 0.15) is 62.7 Å². The summed E-state index contributed by atoms with van der Waals surface area (Å²) in [6, 6.07) is 6.43. The molecule has 0 bridgehead atoms. The number of likely N-dealkylation sites (tertiary alicyclic amines) is 1. The third-order valence-electron chi connectivity index (χ3n) is 4.58. The fraction of sp³-hybridized carbons (Fsp3) is 0.632. The van der Waals surface area contributed by atoms with Gasteiger partial charge in [-0.05, 0) is 49.9 Å². The zero-order valence-electron chi connectivity index (χ0n) is 15.4. The minimum Gasteiger partial charge on any atom is -0.339 e. The second-order valence-electron chi connectivity index (χ2n) is 6.63. The number of carbonyl (C=O) groups excluding carboxylic acids is 1. The predicted octanol–water partition coefficient (Wildman–Crippen LogP) is 3.51. The maximum atomic E-state index is 12.8. The smallest absolute Gasteiger partial charge is 0.253 e. The summed E-state index contributed by atoms with van der Waals surface area (Å²) in [4.78, 5) is 14.8. The standard InChI is InChI=1S/C19H30N2O3S/c1-3-13-21(14-4-2)25(23,24)18-11-9-17(10-12-18)19(22)20-15-7-5-6-8-16-20/h9-12H,3-8,13-16H2,1-2H3. The van der Waals surface area contributed by atoms with Gasteiger partial charge < -0.3 is 4.90 Å². The molecular weight excluding hydrogens is 336 g/mol. The van der Waals surface area contributed by atoms with Crippen LogP contribution in [-0.4, -0.2) is 49.7 Å². The molecule has 5 nitrogen and oxygen atoms in total. The minimum absolute atomic E-state index is 0.00446. The van der Waals surface area contributed by atoms with Gasteiger partial charge in [0, 0.05) is 31.7 Å². The summed E-state index contributed by atoms with van der Waals surface area (Å²) < 4.78 is 27.1. The van der Waals surface area contributed by atoms with Gasteiger partial charge in [0.25, 0.3) is 5.91 Å². The molecule has 140 valence electrons. The Bertz CT molecular complexity index is 642. The Hall–Kier alpha value is -1.40. The number of benzene rings is 1. The number of carbonyl (C=O) groups is 1. The van der Waals surface area contributed by atoms with Gasteiger partial charge >= 0.3 is 0 Å². The maximum Gasteiger partial charge on any atom is 0.253 e. The molecule has 0 unspecified atom stereocenters. The molecule has 1 aliphatic rings. The van der Waals surface area contributed by atoms with Crippen LogP contribution in [-0.2, 0) is 10.0 Å². The van der Waals surface area contributed by atoms with Crippen molar-refractivity contribution in [3.05, 3.63) is 29.8 Å². The lowest BCUT2D eigenvalue weighted by atomic mass is 10.2. The van der Waals surface area contributed by atoms with E-state index < -0.39 is 10.0 Å². The van der Waals surface area contributed by atoms with Crippen LogP contribution in [0.15, 0.2) is 29.2 Å². The third-order valence-corrected chi connectivity index (χ3v) is 6.49. The number of sulfonamides is 1. The molecule has 1 amide bonds. The summed E-state index contributed by atoms with van der Waals surface area (Å²) in [5.41, 5.74) is 0.568. The van der Waals surface area contributed by atoms with Crippen LogP contribution in [0.5, 0.6) is 0 Å². The van der Waals surface area contributed by atoms with Crippen LogP contribution in [0.25, 0.3) is 0 Å². The van der Waals surface area contributed by atoms with Crippen molar-refractivity contribution in [1.29, 1.82) is 0 Å². The zero-order chi connectivity index (χ0) is 18.3. The number of hydrogen-bond acceptors (Lipinski definition) is 3. The third kappa shape index (κ3) is 5.05. The molecule has 0 radical (unpaired) electrons. The van der Waals surface area contributed by atoms with E-state index in [-0.39, 0.29) is 10.8 Å². The lowest BCUT2D eigenvalue weighted by Crippen LogP contribution is -2.33. The highest BCUT2D eigenvalue weighted by atomic mass is 32.2. The summed E-state index contributed by atoms with van der Waals surface area (Å²) in [5, 5.41) is 0. The van der Waals surface area contributed by atoms with E-state index in [0.717, 1.165) is 38.8 Å². The second kappa shape index (κ2) is 9.34. The molecule has 0 spiro atoms. The monoisotopic (exact) mass is 366 g/mol. The fourth-order valence-corrected chi connectivity index (χ4v) is 4.85. The molecule has 1 heterocycles. The fourth-order valence-electron chi connectivity index (χ4n) is 3.23. The van der Waals surface area contributed by atoms with Crippen LogP contribution in [0, 0.1) is 0 Å². The minimum atomic E-state index is -3.49. The van der Waals surface area contributed by atoms with E-state index in [1.807, 2.05) is 18.7 Å². The normalized spacial score (nSPS) is 16.0. The van der Waals surface area contributed by atoms with Crippen molar-refractivity contribution in [3.63, 3.8) is 0 Å². The van der Waals surface area contributed by atoms with Crippen LogP contribution in [0.2, 0.25) is 0 Å². The van der Waals surface area contributed by atoms with Gasteiger partial charge in [-0.25, -0.2) is 8.42 Å². The number of amides is 1. The molecule has 1 aromatic carbocycles. The number of nitrogens with zero attached hydrogens (tertiary/aromatic N) is 2. The van der Waals surface area contributed by atoms with Crippen molar-refractivity contribution < 1.29 is 13.2 Å².